The van der Waals surface area contributed by atoms with Gasteiger partial charge < -0.3 is 5.32 Å². The summed E-state index contributed by atoms with van der Waals surface area (Å²) in [4.78, 5) is 15.8. The van der Waals surface area contributed by atoms with E-state index in [0.29, 0.717) is 11.4 Å². The molecule has 0 aliphatic carbocycles. The van der Waals surface area contributed by atoms with Gasteiger partial charge in [0.1, 0.15) is 11.6 Å². The summed E-state index contributed by atoms with van der Waals surface area (Å²) in [5.74, 6) is -0.286. The summed E-state index contributed by atoms with van der Waals surface area (Å²) < 4.78 is 14.2. The second-order valence-corrected chi connectivity index (χ2v) is 5.12. The zero-order chi connectivity index (χ0) is 14.5. The minimum atomic E-state index is -0.384. The first-order valence-electron chi connectivity index (χ1n) is 5.91. The quantitative estimate of drug-likeness (QED) is 0.863. The van der Waals surface area contributed by atoms with Crippen LogP contribution in [-0.2, 0) is 4.79 Å². The molecule has 1 amide bonds. The Kier molecular flexibility index (Phi) is 4.63. The third kappa shape index (κ3) is 3.99. The van der Waals surface area contributed by atoms with Crippen molar-refractivity contribution in [2.24, 2.45) is 0 Å². The summed E-state index contributed by atoms with van der Waals surface area (Å²) in [7, 11) is 0. The van der Waals surface area contributed by atoms with Gasteiger partial charge >= 0.3 is 0 Å². The Hall–Kier alpha value is -2.01. The van der Waals surface area contributed by atoms with E-state index in [9.17, 15) is 9.18 Å². The van der Waals surface area contributed by atoms with Crippen molar-refractivity contribution in [2.45, 2.75) is 6.92 Å². The molecule has 0 radical (unpaired) electrons. The second-order valence-electron chi connectivity index (χ2n) is 4.21. The molecule has 1 N–H and O–H groups in total. The van der Waals surface area contributed by atoms with Gasteiger partial charge in [-0.1, -0.05) is 22.0 Å². The van der Waals surface area contributed by atoms with Gasteiger partial charge in [-0.25, -0.2) is 9.37 Å². The second kappa shape index (κ2) is 6.43. The maximum atomic E-state index is 13.5. The predicted molar refractivity (Wildman–Crippen MR) is 80.7 cm³/mol. The Balaban J connectivity index is 2.05. The molecule has 0 spiro atoms. The van der Waals surface area contributed by atoms with E-state index in [0.717, 1.165) is 10.0 Å². The number of hydrogen-bond donors (Lipinski definition) is 1. The van der Waals surface area contributed by atoms with Crippen molar-refractivity contribution in [3.63, 3.8) is 0 Å². The fourth-order valence-electron chi connectivity index (χ4n) is 1.52. The predicted octanol–water partition coefficient (Wildman–Crippen LogP) is 3.94. The Labute approximate surface area is 124 Å². The van der Waals surface area contributed by atoms with E-state index in [1.807, 2.05) is 13.0 Å². The average Bonchev–Trinajstić information content (AvgIpc) is 2.42. The van der Waals surface area contributed by atoms with Crippen LogP contribution in [0.2, 0.25) is 0 Å². The lowest BCUT2D eigenvalue weighted by atomic mass is 10.2. The van der Waals surface area contributed by atoms with Crippen LogP contribution in [0.5, 0.6) is 0 Å². The number of carbonyl (C=O) groups excluding carboxylic acids is 1. The van der Waals surface area contributed by atoms with Crippen molar-refractivity contribution in [1.82, 2.24) is 4.98 Å². The molecule has 0 saturated heterocycles. The SMILES string of the molecule is Cc1ccc(NC(=O)/C=C/c2cc(Br)ccc2F)nc1. The number of aryl methyl sites for hydroxylation is 1. The maximum Gasteiger partial charge on any atom is 0.249 e. The van der Waals surface area contributed by atoms with Gasteiger partial charge in [-0.3, -0.25) is 4.79 Å². The number of benzene rings is 1. The molecule has 3 nitrogen and oxygen atoms in total. The maximum absolute atomic E-state index is 13.5. The van der Waals surface area contributed by atoms with E-state index in [4.69, 9.17) is 0 Å². The van der Waals surface area contributed by atoms with Crippen LogP contribution in [0, 0.1) is 12.7 Å². The number of rotatable bonds is 3. The Morgan fingerprint density at radius 1 is 1.35 bits per heavy atom. The summed E-state index contributed by atoms with van der Waals surface area (Å²) in [6.07, 6.45) is 4.35. The molecule has 5 heteroatoms. The van der Waals surface area contributed by atoms with Crippen molar-refractivity contribution < 1.29 is 9.18 Å². The molecule has 2 rings (SSSR count). The molecule has 102 valence electrons. The third-order valence-electron chi connectivity index (χ3n) is 2.53. The van der Waals surface area contributed by atoms with Gasteiger partial charge in [-0.15, -0.1) is 0 Å². The number of amides is 1. The minimum Gasteiger partial charge on any atom is -0.307 e. The van der Waals surface area contributed by atoms with Gasteiger partial charge in [0.15, 0.2) is 0 Å². The largest absolute Gasteiger partial charge is 0.307 e. The molecule has 0 aliphatic heterocycles. The normalized spacial score (nSPS) is 10.8. The first-order chi connectivity index (χ1) is 9.54. The molecule has 0 bridgehead atoms. The highest BCUT2D eigenvalue weighted by Gasteiger charge is 2.02. The number of carbonyl (C=O) groups is 1. The zero-order valence-electron chi connectivity index (χ0n) is 10.7. The summed E-state index contributed by atoms with van der Waals surface area (Å²) in [6, 6.07) is 8.09. The number of nitrogens with zero attached hydrogens (tertiary/aromatic N) is 1. The monoisotopic (exact) mass is 334 g/mol. The van der Waals surface area contributed by atoms with Crippen molar-refractivity contribution in [2.75, 3.05) is 5.32 Å². The number of pyridine rings is 1. The lowest BCUT2D eigenvalue weighted by molar-refractivity contribution is -0.111. The van der Waals surface area contributed by atoms with E-state index in [-0.39, 0.29) is 11.7 Å². The van der Waals surface area contributed by atoms with Crippen LogP contribution in [0.15, 0.2) is 47.1 Å². The van der Waals surface area contributed by atoms with Crippen molar-refractivity contribution in [1.29, 1.82) is 0 Å². The fraction of sp³-hybridized carbons (Fsp3) is 0.0667. The van der Waals surface area contributed by atoms with Crippen LogP contribution in [-0.4, -0.2) is 10.9 Å². The van der Waals surface area contributed by atoms with E-state index in [1.165, 1.54) is 18.2 Å². The highest BCUT2D eigenvalue weighted by Crippen LogP contribution is 2.16. The molecule has 0 unspecified atom stereocenters. The first-order valence-corrected chi connectivity index (χ1v) is 6.70. The van der Waals surface area contributed by atoms with Gasteiger partial charge in [-0.05, 0) is 42.8 Å². The van der Waals surface area contributed by atoms with Gasteiger partial charge in [0.05, 0.1) is 0 Å². The van der Waals surface area contributed by atoms with Crippen LogP contribution in [0.3, 0.4) is 0 Å². The number of hydrogen-bond acceptors (Lipinski definition) is 2. The number of nitrogens with one attached hydrogen (secondary N) is 1. The molecule has 2 aromatic rings. The molecule has 1 heterocycles. The highest BCUT2D eigenvalue weighted by atomic mass is 79.9. The van der Waals surface area contributed by atoms with E-state index < -0.39 is 0 Å². The molecule has 0 aliphatic rings. The van der Waals surface area contributed by atoms with Crippen LogP contribution >= 0.6 is 15.9 Å². The number of anilines is 1. The van der Waals surface area contributed by atoms with E-state index >= 15 is 0 Å². The van der Waals surface area contributed by atoms with E-state index in [1.54, 1.807) is 24.4 Å². The van der Waals surface area contributed by atoms with Gasteiger partial charge in [0.25, 0.3) is 0 Å². The fourth-order valence-corrected chi connectivity index (χ4v) is 1.90. The van der Waals surface area contributed by atoms with Gasteiger partial charge in [-0.2, -0.15) is 0 Å². The molecule has 1 aromatic heterocycles. The van der Waals surface area contributed by atoms with E-state index in [2.05, 4.69) is 26.2 Å². The average molecular weight is 335 g/mol. The topological polar surface area (TPSA) is 42.0 Å². The standard InChI is InChI=1S/C15H12BrFN2O/c1-10-2-6-14(18-9-10)19-15(20)7-3-11-8-12(16)4-5-13(11)17/h2-9H,1H3,(H,18,19,20)/b7-3+. The Morgan fingerprint density at radius 2 is 2.15 bits per heavy atom. The first kappa shape index (κ1) is 14.4. The van der Waals surface area contributed by atoms with Crippen molar-refractivity contribution in [3.05, 3.63) is 64.0 Å². The van der Waals surface area contributed by atoms with Crippen LogP contribution < -0.4 is 5.32 Å². The molecule has 20 heavy (non-hydrogen) atoms. The Bertz CT molecular complexity index is 653. The summed E-state index contributed by atoms with van der Waals surface area (Å²) in [5.41, 5.74) is 1.35. The summed E-state index contributed by atoms with van der Waals surface area (Å²) in [6.45, 7) is 1.91. The smallest absolute Gasteiger partial charge is 0.249 e. The number of halogens is 2. The molecule has 1 aromatic carbocycles. The molecule has 0 fully saturated rings. The third-order valence-corrected chi connectivity index (χ3v) is 3.03. The number of aromatic nitrogens is 1. The zero-order valence-corrected chi connectivity index (χ0v) is 12.3. The Morgan fingerprint density at radius 3 is 2.85 bits per heavy atom. The van der Waals surface area contributed by atoms with Crippen LogP contribution in [0.1, 0.15) is 11.1 Å². The molecule has 0 saturated carbocycles. The van der Waals surface area contributed by atoms with Crippen LogP contribution in [0.25, 0.3) is 6.08 Å². The summed E-state index contributed by atoms with van der Waals surface area (Å²) >= 11 is 3.25. The molecular weight excluding hydrogens is 323 g/mol. The van der Waals surface area contributed by atoms with Crippen molar-refractivity contribution in [3.8, 4) is 0 Å². The highest BCUT2D eigenvalue weighted by molar-refractivity contribution is 9.10. The lowest BCUT2D eigenvalue weighted by Crippen LogP contribution is -2.09. The van der Waals surface area contributed by atoms with Gasteiger partial charge in [0, 0.05) is 22.3 Å². The van der Waals surface area contributed by atoms with Crippen LogP contribution in [0.4, 0.5) is 10.2 Å². The molecule has 0 atom stereocenters. The minimum absolute atomic E-state index is 0.339. The molecular formula is C15H12BrFN2O. The summed E-state index contributed by atoms with van der Waals surface area (Å²) in [5, 5.41) is 2.60. The van der Waals surface area contributed by atoms with Gasteiger partial charge in [0.2, 0.25) is 5.91 Å². The van der Waals surface area contributed by atoms with Crippen molar-refractivity contribution >= 4 is 33.7 Å². The lowest BCUT2D eigenvalue weighted by Gasteiger charge is -2.01.